The third kappa shape index (κ3) is 3.12. The average Bonchev–Trinajstić information content (AvgIpc) is 2.46. The number of pyridine rings is 1. The molecular weight excluding hydrogens is 266 g/mol. The number of carbonyl (C=O) groups is 1. The molecule has 0 atom stereocenters. The molecule has 5 heteroatoms. The van der Waals surface area contributed by atoms with Gasteiger partial charge in [-0.3, -0.25) is 4.79 Å². The van der Waals surface area contributed by atoms with E-state index in [-0.39, 0.29) is 11.8 Å². The summed E-state index contributed by atoms with van der Waals surface area (Å²) in [6.45, 7) is 1.81. The van der Waals surface area contributed by atoms with Gasteiger partial charge in [0.15, 0.2) is 11.6 Å². The maximum Gasteiger partial charge on any atom is 0.223 e. The van der Waals surface area contributed by atoms with Crippen molar-refractivity contribution in [2.45, 2.75) is 38.1 Å². The molecule has 2 aliphatic rings. The van der Waals surface area contributed by atoms with Crippen molar-refractivity contribution in [3.63, 3.8) is 0 Å². The second kappa shape index (κ2) is 6.33. The number of nitrogens with zero attached hydrogens (tertiary/aromatic N) is 2. The molecule has 21 heavy (non-hydrogen) atoms. The van der Waals surface area contributed by atoms with Gasteiger partial charge in [0.1, 0.15) is 0 Å². The quantitative estimate of drug-likeness (QED) is 0.921. The van der Waals surface area contributed by atoms with Gasteiger partial charge in [-0.15, -0.1) is 0 Å². The highest BCUT2D eigenvalue weighted by molar-refractivity contribution is 5.79. The lowest BCUT2D eigenvalue weighted by atomic mass is 9.84. The molecule has 114 valence electrons. The molecule has 2 fully saturated rings. The minimum Gasteiger partial charge on any atom is -0.493 e. The van der Waals surface area contributed by atoms with Gasteiger partial charge < -0.3 is 15.0 Å². The first-order valence-corrected chi connectivity index (χ1v) is 7.82. The second-order valence-corrected chi connectivity index (χ2v) is 5.93. The predicted molar refractivity (Wildman–Crippen MR) is 81.5 cm³/mol. The van der Waals surface area contributed by atoms with Crippen molar-refractivity contribution in [3.05, 3.63) is 18.3 Å². The van der Waals surface area contributed by atoms with Gasteiger partial charge in [0.25, 0.3) is 0 Å². The molecule has 3 rings (SSSR count). The van der Waals surface area contributed by atoms with E-state index in [9.17, 15) is 4.79 Å². The molecule has 5 nitrogen and oxygen atoms in total. The molecular formula is C16H23N3O2. The summed E-state index contributed by atoms with van der Waals surface area (Å²) in [5, 5.41) is 3.20. The van der Waals surface area contributed by atoms with Crippen LogP contribution in [-0.4, -0.2) is 37.1 Å². The Bertz CT molecular complexity index is 494. The smallest absolute Gasteiger partial charge is 0.223 e. The van der Waals surface area contributed by atoms with Gasteiger partial charge in [-0.25, -0.2) is 4.98 Å². The van der Waals surface area contributed by atoms with Gasteiger partial charge >= 0.3 is 0 Å². The average molecular weight is 289 g/mol. The lowest BCUT2D eigenvalue weighted by Gasteiger charge is -2.35. The van der Waals surface area contributed by atoms with E-state index in [2.05, 4.69) is 15.2 Å². The summed E-state index contributed by atoms with van der Waals surface area (Å²) < 4.78 is 5.37. The SMILES string of the molecule is COc1cccnc1N1CCC(NC(=O)C2CCC2)CC1. The first-order chi connectivity index (χ1) is 10.3. The van der Waals surface area contributed by atoms with Crippen molar-refractivity contribution < 1.29 is 9.53 Å². The topological polar surface area (TPSA) is 54.5 Å². The number of nitrogens with one attached hydrogen (secondary N) is 1. The number of piperidine rings is 1. The van der Waals surface area contributed by atoms with Crippen LogP contribution in [0.4, 0.5) is 5.82 Å². The Morgan fingerprint density at radius 3 is 2.71 bits per heavy atom. The molecule has 0 spiro atoms. The first kappa shape index (κ1) is 14.2. The van der Waals surface area contributed by atoms with Gasteiger partial charge in [0, 0.05) is 31.2 Å². The van der Waals surface area contributed by atoms with Crippen LogP contribution in [0.5, 0.6) is 5.75 Å². The molecule has 1 saturated heterocycles. The Hall–Kier alpha value is -1.78. The van der Waals surface area contributed by atoms with Crippen LogP contribution in [0, 0.1) is 5.92 Å². The van der Waals surface area contributed by atoms with Crippen LogP contribution in [0.1, 0.15) is 32.1 Å². The van der Waals surface area contributed by atoms with Gasteiger partial charge in [-0.05, 0) is 37.8 Å². The zero-order valence-corrected chi connectivity index (χ0v) is 12.5. The van der Waals surface area contributed by atoms with Crippen LogP contribution in [0.15, 0.2) is 18.3 Å². The van der Waals surface area contributed by atoms with Crippen molar-refractivity contribution in [2.24, 2.45) is 5.92 Å². The van der Waals surface area contributed by atoms with E-state index < -0.39 is 0 Å². The molecule has 1 amide bonds. The molecule has 0 bridgehead atoms. The highest BCUT2D eigenvalue weighted by Crippen LogP contribution is 2.29. The van der Waals surface area contributed by atoms with Crippen molar-refractivity contribution in [1.29, 1.82) is 0 Å². The molecule has 1 aliphatic carbocycles. The largest absolute Gasteiger partial charge is 0.493 e. The molecule has 0 radical (unpaired) electrons. The fourth-order valence-electron chi connectivity index (χ4n) is 3.00. The summed E-state index contributed by atoms with van der Waals surface area (Å²) in [7, 11) is 1.67. The zero-order chi connectivity index (χ0) is 14.7. The van der Waals surface area contributed by atoms with E-state index in [1.165, 1.54) is 6.42 Å². The Morgan fingerprint density at radius 1 is 1.33 bits per heavy atom. The maximum atomic E-state index is 12.0. The van der Waals surface area contributed by atoms with Crippen molar-refractivity contribution in [2.75, 3.05) is 25.1 Å². The highest BCUT2D eigenvalue weighted by atomic mass is 16.5. The normalized spacial score (nSPS) is 20.0. The van der Waals surface area contributed by atoms with Crippen LogP contribution >= 0.6 is 0 Å². The molecule has 1 N–H and O–H groups in total. The Morgan fingerprint density at radius 2 is 2.10 bits per heavy atom. The Labute approximate surface area is 125 Å². The molecule has 1 aromatic heterocycles. The van der Waals surface area contributed by atoms with Crippen LogP contribution in [0.3, 0.4) is 0 Å². The standard InChI is InChI=1S/C16H23N3O2/c1-21-14-6-3-9-17-15(14)19-10-7-13(8-11-19)18-16(20)12-4-2-5-12/h3,6,9,12-13H,2,4-5,7-8,10-11H2,1H3,(H,18,20). The first-order valence-electron chi connectivity index (χ1n) is 7.82. The van der Waals surface area contributed by atoms with E-state index in [4.69, 9.17) is 4.74 Å². The zero-order valence-electron chi connectivity index (χ0n) is 12.5. The van der Waals surface area contributed by atoms with Crippen LogP contribution in [-0.2, 0) is 4.79 Å². The Balaban J connectivity index is 1.53. The highest BCUT2D eigenvalue weighted by Gasteiger charge is 2.29. The second-order valence-electron chi connectivity index (χ2n) is 5.93. The number of rotatable bonds is 4. The van der Waals surface area contributed by atoms with E-state index in [1.807, 2.05) is 12.1 Å². The van der Waals surface area contributed by atoms with E-state index in [1.54, 1.807) is 13.3 Å². The predicted octanol–water partition coefficient (Wildman–Crippen LogP) is 1.98. The van der Waals surface area contributed by atoms with Crippen molar-refractivity contribution in [1.82, 2.24) is 10.3 Å². The summed E-state index contributed by atoms with van der Waals surface area (Å²) >= 11 is 0. The van der Waals surface area contributed by atoms with Gasteiger partial charge in [0.2, 0.25) is 5.91 Å². The van der Waals surface area contributed by atoms with Crippen LogP contribution < -0.4 is 15.0 Å². The minimum absolute atomic E-state index is 0.259. The summed E-state index contributed by atoms with van der Waals surface area (Å²) in [5.41, 5.74) is 0. The summed E-state index contributed by atoms with van der Waals surface area (Å²) in [5.74, 6) is 2.26. The number of hydrogen-bond donors (Lipinski definition) is 1. The van der Waals surface area contributed by atoms with E-state index in [0.717, 1.165) is 50.3 Å². The van der Waals surface area contributed by atoms with E-state index in [0.29, 0.717) is 6.04 Å². The molecule has 1 aromatic rings. The summed E-state index contributed by atoms with van der Waals surface area (Å²) in [6, 6.07) is 4.13. The lowest BCUT2D eigenvalue weighted by molar-refractivity contribution is -0.128. The number of hydrogen-bond acceptors (Lipinski definition) is 4. The van der Waals surface area contributed by atoms with Gasteiger partial charge in [-0.1, -0.05) is 6.42 Å². The number of ether oxygens (including phenoxy) is 1. The minimum atomic E-state index is 0.259. The lowest BCUT2D eigenvalue weighted by Crippen LogP contribution is -2.47. The number of aromatic nitrogens is 1. The summed E-state index contributed by atoms with van der Waals surface area (Å²) in [6.07, 6.45) is 7.07. The van der Waals surface area contributed by atoms with E-state index >= 15 is 0 Å². The monoisotopic (exact) mass is 289 g/mol. The van der Waals surface area contributed by atoms with Gasteiger partial charge in [0.05, 0.1) is 7.11 Å². The van der Waals surface area contributed by atoms with Crippen LogP contribution in [0.2, 0.25) is 0 Å². The maximum absolute atomic E-state index is 12.0. The van der Waals surface area contributed by atoms with Crippen molar-refractivity contribution in [3.8, 4) is 5.75 Å². The number of amides is 1. The molecule has 1 saturated carbocycles. The number of methoxy groups -OCH3 is 1. The third-order valence-electron chi connectivity index (χ3n) is 4.59. The summed E-state index contributed by atoms with van der Waals surface area (Å²) in [4.78, 5) is 18.7. The molecule has 0 aromatic carbocycles. The third-order valence-corrected chi connectivity index (χ3v) is 4.59. The molecule has 1 aliphatic heterocycles. The molecule has 0 unspecified atom stereocenters. The van der Waals surface area contributed by atoms with Gasteiger partial charge in [-0.2, -0.15) is 0 Å². The van der Waals surface area contributed by atoms with Crippen LogP contribution in [0.25, 0.3) is 0 Å². The fourth-order valence-corrected chi connectivity index (χ4v) is 3.00. The van der Waals surface area contributed by atoms with Crippen molar-refractivity contribution >= 4 is 11.7 Å². The fraction of sp³-hybridized carbons (Fsp3) is 0.625. The Kier molecular flexibility index (Phi) is 4.27. The number of carbonyl (C=O) groups excluding carboxylic acids is 1. The molecule has 2 heterocycles. The number of anilines is 1.